The molecule has 130 valence electrons. The van der Waals surface area contributed by atoms with Crippen LogP contribution in [0.15, 0.2) is 36.7 Å². The number of benzene rings is 1. The first-order valence-electron chi connectivity index (χ1n) is 8.54. The fourth-order valence-electron chi connectivity index (χ4n) is 3.39. The zero-order valence-corrected chi connectivity index (χ0v) is 14.2. The van der Waals surface area contributed by atoms with Gasteiger partial charge >= 0.3 is 0 Å². The molecule has 0 N–H and O–H groups in total. The average molecular weight is 339 g/mol. The summed E-state index contributed by atoms with van der Waals surface area (Å²) in [5.41, 5.74) is 2.14. The van der Waals surface area contributed by atoms with E-state index < -0.39 is 0 Å². The van der Waals surface area contributed by atoms with E-state index in [0.717, 1.165) is 43.0 Å². The van der Waals surface area contributed by atoms with Gasteiger partial charge in [0.25, 0.3) is 0 Å². The zero-order chi connectivity index (χ0) is 17.2. The molecule has 6 heteroatoms. The van der Waals surface area contributed by atoms with E-state index in [-0.39, 0.29) is 12.7 Å². The monoisotopic (exact) mass is 339 g/mol. The molecule has 2 aromatic rings. The Balaban J connectivity index is 1.42. The first kappa shape index (κ1) is 15.7. The van der Waals surface area contributed by atoms with Gasteiger partial charge < -0.3 is 14.4 Å². The highest BCUT2D eigenvalue weighted by Gasteiger charge is 2.24. The summed E-state index contributed by atoms with van der Waals surface area (Å²) < 4.78 is 12.5. The van der Waals surface area contributed by atoms with E-state index in [1.165, 1.54) is 5.56 Å². The van der Waals surface area contributed by atoms with Crippen LogP contribution in [0.4, 0.5) is 0 Å². The van der Waals surface area contributed by atoms with Crippen LogP contribution in [-0.2, 0) is 11.8 Å². The number of carbonyl (C=O) groups is 1. The van der Waals surface area contributed by atoms with Gasteiger partial charge in [0, 0.05) is 38.3 Å². The Bertz CT molecular complexity index is 812. The third-order valence-electron chi connectivity index (χ3n) is 4.74. The molecule has 0 radical (unpaired) electrons. The minimum atomic E-state index is 0.0475. The van der Waals surface area contributed by atoms with Crippen LogP contribution in [0.1, 0.15) is 29.9 Å². The standard InChI is InChI=1S/C19H21N3O3/c1-21-11-16(10-20-21)15-3-2-8-22(12-15)19(23)7-5-14-4-6-17-18(9-14)25-13-24-17/h4-7,9-11,15H,2-3,8,12-13H2,1H3/b7-5+. The van der Waals surface area contributed by atoms with Gasteiger partial charge in [-0.2, -0.15) is 5.10 Å². The van der Waals surface area contributed by atoms with Crippen molar-refractivity contribution in [3.05, 3.63) is 47.8 Å². The lowest BCUT2D eigenvalue weighted by molar-refractivity contribution is -0.127. The fraction of sp³-hybridized carbons (Fsp3) is 0.368. The maximum absolute atomic E-state index is 12.5. The summed E-state index contributed by atoms with van der Waals surface area (Å²) in [6.45, 7) is 1.81. The van der Waals surface area contributed by atoms with Gasteiger partial charge in [-0.15, -0.1) is 0 Å². The van der Waals surface area contributed by atoms with Crippen molar-refractivity contribution in [3.8, 4) is 11.5 Å². The highest BCUT2D eigenvalue weighted by Crippen LogP contribution is 2.33. The molecule has 4 rings (SSSR count). The summed E-state index contributed by atoms with van der Waals surface area (Å²) in [5.74, 6) is 1.89. The molecule has 25 heavy (non-hydrogen) atoms. The smallest absolute Gasteiger partial charge is 0.246 e. The zero-order valence-electron chi connectivity index (χ0n) is 14.2. The van der Waals surface area contributed by atoms with Crippen molar-refractivity contribution in [2.45, 2.75) is 18.8 Å². The van der Waals surface area contributed by atoms with Gasteiger partial charge in [-0.3, -0.25) is 9.48 Å². The van der Waals surface area contributed by atoms with Crippen LogP contribution >= 0.6 is 0 Å². The predicted molar refractivity (Wildman–Crippen MR) is 93.4 cm³/mol. The first-order chi connectivity index (χ1) is 12.2. The number of likely N-dealkylation sites (tertiary alicyclic amines) is 1. The second-order valence-electron chi connectivity index (χ2n) is 6.52. The summed E-state index contributed by atoms with van der Waals surface area (Å²) >= 11 is 0. The predicted octanol–water partition coefficient (Wildman–Crippen LogP) is 2.57. The molecule has 0 saturated carbocycles. The lowest BCUT2D eigenvalue weighted by Gasteiger charge is -2.31. The number of carbonyl (C=O) groups excluding carboxylic acids is 1. The summed E-state index contributed by atoms with van der Waals surface area (Å²) in [7, 11) is 1.92. The minimum absolute atomic E-state index is 0.0475. The fourth-order valence-corrected chi connectivity index (χ4v) is 3.39. The second kappa shape index (κ2) is 6.63. The van der Waals surface area contributed by atoms with Crippen molar-refractivity contribution in [1.82, 2.24) is 14.7 Å². The number of rotatable bonds is 3. The number of hydrogen-bond donors (Lipinski definition) is 0. The van der Waals surface area contributed by atoms with E-state index in [9.17, 15) is 4.79 Å². The molecular weight excluding hydrogens is 318 g/mol. The van der Waals surface area contributed by atoms with E-state index in [1.54, 1.807) is 6.08 Å². The van der Waals surface area contributed by atoms with E-state index in [0.29, 0.717) is 5.92 Å². The molecule has 3 heterocycles. The second-order valence-corrected chi connectivity index (χ2v) is 6.52. The Labute approximate surface area is 146 Å². The summed E-state index contributed by atoms with van der Waals surface area (Å²) in [6.07, 6.45) is 9.54. The van der Waals surface area contributed by atoms with Crippen molar-refractivity contribution < 1.29 is 14.3 Å². The van der Waals surface area contributed by atoms with Crippen LogP contribution in [0.3, 0.4) is 0 Å². The molecule has 0 aliphatic carbocycles. The van der Waals surface area contributed by atoms with Crippen molar-refractivity contribution in [2.75, 3.05) is 19.9 Å². The molecule has 1 aromatic carbocycles. The highest BCUT2D eigenvalue weighted by molar-refractivity contribution is 5.92. The third-order valence-corrected chi connectivity index (χ3v) is 4.74. The largest absolute Gasteiger partial charge is 0.454 e. The summed E-state index contributed by atoms with van der Waals surface area (Å²) in [4.78, 5) is 14.5. The number of aryl methyl sites for hydroxylation is 1. The number of hydrogen-bond acceptors (Lipinski definition) is 4. The van der Waals surface area contributed by atoms with Gasteiger partial charge in [-0.1, -0.05) is 6.07 Å². The van der Waals surface area contributed by atoms with Gasteiger partial charge in [0.1, 0.15) is 0 Å². The average Bonchev–Trinajstić information content (AvgIpc) is 3.28. The molecule has 1 atom stereocenters. The number of amides is 1. The number of nitrogens with zero attached hydrogens (tertiary/aromatic N) is 3. The number of fused-ring (bicyclic) bond motifs is 1. The quantitative estimate of drug-likeness (QED) is 0.807. The molecule has 1 saturated heterocycles. The van der Waals surface area contributed by atoms with Gasteiger partial charge in [0.2, 0.25) is 12.7 Å². The van der Waals surface area contributed by atoms with Crippen LogP contribution in [0.25, 0.3) is 6.08 Å². The van der Waals surface area contributed by atoms with Crippen molar-refractivity contribution in [2.24, 2.45) is 7.05 Å². The Morgan fingerprint density at radius 1 is 1.32 bits per heavy atom. The molecule has 0 spiro atoms. The van der Waals surface area contributed by atoms with Gasteiger partial charge in [-0.05, 0) is 42.2 Å². The van der Waals surface area contributed by atoms with Gasteiger partial charge in [0.05, 0.1) is 6.20 Å². The first-order valence-corrected chi connectivity index (χ1v) is 8.54. The normalized spacial score (nSPS) is 19.6. The summed E-state index contributed by atoms with van der Waals surface area (Å²) in [5, 5.41) is 4.24. The maximum Gasteiger partial charge on any atom is 0.246 e. The van der Waals surface area contributed by atoms with Crippen LogP contribution < -0.4 is 9.47 Å². The molecule has 2 aliphatic heterocycles. The molecule has 1 unspecified atom stereocenters. The van der Waals surface area contributed by atoms with E-state index in [2.05, 4.69) is 5.10 Å². The van der Waals surface area contributed by atoms with Crippen LogP contribution in [-0.4, -0.2) is 40.5 Å². The van der Waals surface area contributed by atoms with Crippen LogP contribution in [0, 0.1) is 0 Å². The van der Waals surface area contributed by atoms with E-state index in [4.69, 9.17) is 9.47 Å². The Morgan fingerprint density at radius 3 is 3.04 bits per heavy atom. The Kier molecular flexibility index (Phi) is 4.17. The Morgan fingerprint density at radius 2 is 2.20 bits per heavy atom. The van der Waals surface area contributed by atoms with Crippen LogP contribution in [0.2, 0.25) is 0 Å². The van der Waals surface area contributed by atoms with Crippen LogP contribution in [0.5, 0.6) is 11.5 Å². The van der Waals surface area contributed by atoms with E-state index in [1.807, 2.05) is 53.3 Å². The van der Waals surface area contributed by atoms with Gasteiger partial charge in [0.15, 0.2) is 11.5 Å². The molecule has 2 aliphatic rings. The van der Waals surface area contributed by atoms with Crippen molar-refractivity contribution >= 4 is 12.0 Å². The molecule has 1 fully saturated rings. The molecule has 6 nitrogen and oxygen atoms in total. The maximum atomic E-state index is 12.5. The van der Waals surface area contributed by atoms with Crippen molar-refractivity contribution in [1.29, 1.82) is 0 Å². The SMILES string of the molecule is Cn1cc(C2CCCN(C(=O)/C=C/c3ccc4c(c3)OCO4)C2)cn1. The molecule has 1 aromatic heterocycles. The molecule has 1 amide bonds. The number of piperidine rings is 1. The molecular formula is C19H21N3O3. The topological polar surface area (TPSA) is 56.6 Å². The number of ether oxygens (including phenoxy) is 2. The lowest BCUT2D eigenvalue weighted by Crippen LogP contribution is -2.38. The highest BCUT2D eigenvalue weighted by atomic mass is 16.7. The molecule has 0 bridgehead atoms. The van der Waals surface area contributed by atoms with Gasteiger partial charge in [-0.25, -0.2) is 0 Å². The number of aromatic nitrogens is 2. The Hall–Kier alpha value is -2.76. The van der Waals surface area contributed by atoms with Crippen molar-refractivity contribution in [3.63, 3.8) is 0 Å². The third kappa shape index (κ3) is 3.38. The minimum Gasteiger partial charge on any atom is -0.454 e. The van der Waals surface area contributed by atoms with E-state index >= 15 is 0 Å². The summed E-state index contributed by atoms with van der Waals surface area (Å²) in [6, 6.07) is 5.68. The lowest BCUT2D eigenvalue weighted by atomic mass is 9.93.